The van der Waals surface area contributed by atoms with Crippen LogP contribution in [0.2, 0.25) is 0 Å². The van der Waals surface area contributed by atoms with Crippen molar-refractivity contribution in [2.45, 2.75) is 31.5 Å². The van der Waals surface area contributed by atoms with Crippen LogP contribution in [-0.4, -0.2) is 46.5 Å². The fourth-order valence-corrected chi connectivity index (χ4v) is 3.50. The fourth-order valence-electron chi connectivity index (χ4n) is 3.50. The molecule has 3 N–H and O–H groups in total. The molecule has 0 amide bonds. The number of hydrogen-bond donors (Lipinski definition) is 3. The highest BCUT2D eigenvalue weighted by Crippen LogP contribution is 2.30. The summed E-state index contributed by atoms with van der Waals surface area (Å²) in [6, 6.07) is 18.0. The van der Waals surface area contributed by atoms with Crippen LogP contribution in [0.3, 0.4) is 0 Å². The molecular weight excluding hydrogens is 332 g/mol. The summed E-state index contributed by atoms with van der Waals surface area (Å²) in [5, 5.41) is 34.2. The number of rotatable bonds is 3. The lowest BCUT2D eigenvalue weighted by atomic mass is 9.91. The molecular formula is C21H22O5. The second-order valence-corrected chi connectivity index (χ2v) is 6.89. The van der Waals surface area contributed by atoms with Crippen LogP contribution in [0.1, 0.15) is 6.92 Å². The van der Waals surface area contributed by atoms with Gasteiger partial charge >= 0.3 is 0 Å². The van der Waals surface area contributed by atoms with Crippen LogP contribution in [0.5, 0.6) is 5.75 Å². The number of ether oxygens (including phenoxy) is 2. The summed E-state index contributed by atoms with van der Waals surface area (Å²) >= 11 is 0. The fraction of sp³-hybridized carbons (Fsp3) is 0.333. The van der Waals surface area contributed by atoms with Gasteiger partial charge in [0, 0.05) is 5.92 Å². The maximum absolute atomic E-state index is 10.3. The Bertz CT molecular complexity index is 923. The largest absolute Gasteiger partial charge is 0.462 e. The monoisotopic (exact) mass is 354 g/mol. The van der Waals surface area contributed by atoms with Crippen molar-refractivity contribution in [3.63, 3.8) is 0 Å². The van der Waals surface area contributed by atoms with Gasteiger partial charge < -0.3 is 24.8 Å². The number of hydrogen-bond acceptors (Lipinski definition) is 5. The molecule has 5 heteroatoms. The van der Waals surface area contributed by atoms with Gasteiger partial charge in [0.2, 0.25) is 6.29 Å². The van der Waals surface area contributed by atoms with Gasteiger partial charge in [0.1, 0.15) is 11.9 Å². The first-order chi connectivity index (χ1) is 12.6. The number of benzene rings is 3. The first-order valence-electron chi connectivity index (χ1n) is 8.78. The summed E-state index contributed by atoms with van der Waals surface area (Å²) in [5.74, 6) is 0.160. The van der Waals surface area contributed by atoms with Crippen molar-refractivity contribution in [2.75, 3.05) is 6.61 Å². The third-order valence-electron chi connectivity index (χ3n) is 5.17. The van der Waals surface area contributed by atoms with Crippen molar-refractivity contribution < 1.29 is 24.8 Å². The molecule has 1 heterocycles. The predicted molar refractivity (Wildman–Crippen MR) is 99.0 cm³/mol. The molecule has 5 unspecified atom stereocenters. The zero-order chi connectivity index (χ0) is 18.3. The second-order valence-electron chi connectivity index (χ2n) is 6.89. The average molecular weight is 354 g/mol. The minimum absolute atomic E-state index is 0.242. The number of aliphatic hydroxyl groups excluding tert-OH is 3. The van der Waals surface area contributed by atoms with Gasteiger partial charge in [-0.2, -0.15) is 0 Å². The van der Waals surface area contributed by atoms with Gasteiger partial charge in [-0.25, -0.2) is 0 Å². The van der Waals surface area contributed by atoms with Crippen LogP contribution >= 0.6 is 0 Å². The van der Waals surface area contributed by atoms with Crippen molar-refractivity contribution in [2.24, 2.45) is 5.92 Å². The van der Waals surface area contributed by atoms with E-state index < -0.39 is 24.6 Å². The van der Waals surface area contributed by atoms with Gasteiger partial charge in [0.25, 0.3) is 0 Å². The Hall–Kier alpha value is -2.18. The molecule has 4 rings (SSSR count). The van der Waals surface area contributed by atoms with Gasteiger partial charge in [0.05, 0.1) is 18.8 Å². The first kappa shape index (κ1) is 17.2. The molecule has 0 aliphatic carbocycles. The van der Waals surface area contributed by atoms with Gasteiger partial charge in [0.15, 0.2) is 0 Å². The van der Waals surface area contributed by atoms with E-state index in [1.807, 2.05) is 30.3 Å². The molecule has 1 saturated heterocycles. The summed E-state index contributed by atoms with van der Waals surface area (Å²) in [6.45, 7) is 1.49. The Balaban J connectivity index is 1.63. The summed E-state index contributed by atoms with van der Waals surface area (Å²) in [4.78, 5) is 0. The Morgan fingerprint density at radius 1 is 0.885 bits per heavy atom. The Morgan fingerprint density at radius 3 is 2.23 bits per heavy atom. The SMILES string of the molecule is CC1C(CO)OC(Oc2ccc3cc4ccccc4cc3c2)C(O)C1O. The van der Waals surface area contributed by atoms with Crippen LogP contribution < -0.4 is 4.74 Å². The summed E-state index contributed by atoms with van der Waals surface area (Å²) in [6.07, 6.45) is -3.81. The molecule has 1 aliphatic rings. The maximum atomic E-state index is 10.3. The lowest BCUT2D eigenvalue weighted by molar-refractivity contribution is -0.260. The van der Waals surface area contributed by atoms with Crippen LogP contribution in [0, 0.1) is 5.92 Å². The molecule has 0 aromatic heterocycles. The summed E-state index contributed by atoms with van der Waals surface area (Å²) < 4.78 is 11.4. The molecule has 1 fully saturated rings. The second kappa shape index (κ2) is 6.85. The van der Waals surface area contributed by atoms with Gasteiger partial charge in [-0.05, 0) is 45.8 Å². The quantitative estimate of drug-likeness (QED) is 0.630. The highest BCUT2D eigenvalue weighted by molar-refractivity contribution is 5.98. The highest BCUT2D eigenvalue weighted by Gasteiger charge is 2.43. The van der Waals surface area contributed by atoms with E-state index in [4.69, 9.17) is 9.47 Å². The summed E-state index contributed by atoms with van der Waals surface area (Å²) in [7, 11) is 0. The minimum Gasteiger partial charge on any atom is -0.462 e. The molecule has 0 saturated carbocycles. The zero-order valence-electron chi connectivity index (χ0n) is 14.4. The van der Waals surface area contributed by atoms with E-state index in [1.165, 1.54) is 5.39 Å². The molecule has 3 aromatic carbocycles. The first-order valence-corrected chi connectivity index (χ1v) is 8.78. The molecule has 1 aliphatic heterocycles. The lowest BCUT2D eigenvalue weighted by Crippen LogP contribution is -2.56. The maximum Gasteiger partial charge on any atom is 0.229 e. The van der Waals surface area contributed by atoms with Gasteiger partial charge in [-0.1, -0.05) is 37.3 Å². The topological polar surface area (TPSA) is 79.2 Å². The van der Waals surface area contributed by atoms with Crippen LogP contribution in [-0.2, 0) is 4.74 Å². The van der Waals surface area contributed by atoms with Crippen molar-refractivity contribution >= 4 is 21.5 Å². The van der Waals surface area contributed by atoms with E-state index in [9.17, 15) is 15.3 Å². The van der Waals surface area contributed by atoms with Crippen LogP contribution in [0.25, 0.3) is 21.5 Å². The van der Waals surface area contributed by atoms with E-state index >= 15 is 0 Å². The molecule has 26 heavy (non-hydrogen) atoms. The molecule has 5 nitrogen and oxygen atoms in total. The van der Waals surface area contributed by atoms with Crippen molar-refractivity contribution in [3.8, 4) is 5.75 Å². The Morgan fingerprint density at radius 2 is 1.54 bits per heavy atom. The molecule has 136 valence electrons. The molecule has 0 bridgehead atoms. The van der Waals surface area contributed by atoms with E-state index in [-0.39, 0.29) is 12.5 Å². The van der Waals surface area contributed by atoms with Gasteiger partial charge in [-0.3, -0.25) is 0 Å². The van der Waals surface area contributed by atoms with E-state index in [1.54, 1.807) is 6.92 Å². The standard InChI is InChI=1S/C21H22O5/c1-12-18(11-22)26-21(20(24)19(12)23)25-17-7-6-15-8-13-4-2-3-5-14(13)9-16(15)10-17/h2-10,12,18-24H,11H2,1H3. The summed E-state index contributed by atoms with van der Waals surface area (Å²) in [5.41, 5.74) is 0. The predicted octanol–water partition coefficient (Wildman–Crippen LogP) is 2.45. The number of aliphatic hydroxyl groups is 3. The van der Waals surface area contributed by atoms with E-state index in [0.717, 1.165) is 16.2 Å². The average Bonchev–Trinajstić information content (AvgIpc) is 2.66. The molecule has 5 atom stereocenters. The van der Waals surface area contributed by atoms with Crippen molar-refractivity contribution in [1.29, 1.82) is 0 Å². The third-order valence-corrected chi connectivity index (χ3v) is 5.17. The van der Waals surface area contributed by atoms with E-state index in [0.29, 0.717) is 5.75 Å². The molecule has 0 radical (unpaired) electrons. The Labute approximate surface area is 151 Å². The normalized spacial score (nSPS) is 29.2. The van der Waals surface area contributed by atoms with E-state index in [2.05, 4.69) is 24.3 Å². The van der Waals surface area contributed by atoms with Crippen molar-refractivity contribution in [3.05, 3.63) is 54.6 Å². The smallest absolute Gasteiger partial charge is 0.229 e. The molecule has 0 spiro atoms. The van der Waals surface area contributed by atoms with Crippen molar-refractivity contribution in [1.82, 2.24) is 0 Å². The van der Waals surface area contributed by atoms with Gasteiger partial charge in [-0.15, -0.1) is 0 Å². The lowest BCUT2D eigenvalue weighted by Gasteiger charge is -2.40. The number of fused-ring (bicyclic) bond motifs is 2. The minimum atomic E-state index is -1.18. The van der Waals surface area contributed by atoms with Crippen LogP contribution in [0.4, 0.5) is 0 Å². The molecule has 3 aromatic rings. The van der Waals surface area contributed by atoms with Crippen LogP contribution in [0.15, 0.2) is 54.6 Å². The highest BCUT2D eigenvalue weighted by atomic mass is 16.7. The zero-order valence-corrected chi connectivity index (χ0v) is 14.4. The Kier molecular flexibility index (Phi) is 4.54. The third kappa shape index (κ3) is 3.04.